The van der Waals surface area contributed by atoms with Crippen LogP contribution in [0.3, 0.4) is 0 Å². The van der Waals surface area contributed by atoms with E-state index in [-0.39, 0.29) is 11.9 Å². The first-order chi connectivity index (χ1) is 8.20. The third kappa shape index (κ3) is 2.96. The van der Waals surface area contributed by atoms with E-state index in [1.807, 2.05) is 13.1 Å². The Kier molecular flexibility index (Phi) is 3.97. The molecular formula is C13H13BrFNO. The van der Waals surface area contributed by atoms with Gasteiger partial charge in [-0.1, -0.05) is 22.0 Å². The smallest absolute Gasteiger partial charge is 0.124 e. The normalized spacial score (nSPS) is 12.6. The van der Waals surface area contributed by atoms with Gasteiger partial charge >= 0.3 is 0 Å². The lowest BCUT2D eigenvalue weighted by atomic mass is 10.0. The van der Waals surface area contributed by atoms with Gasteiger partial charge in [0.25, 0.3) is 0 Å². The van der Waals surface area contributed by atoms with Gasteiger partial charge in [-0.05, 0) is 42.8 Å². The summed E-state index contributed by atoms with van der Waals surface area (Å²) in [6.45, 7) is 0. The zero-order valence-corrected chi connectivity index (χ0v) is 11.0. The van der Waals surface area contributed by atoms with Crippen molar-refractivity contribution in [2.24, 2.45) is 0 Å². The van der Waals surface area contributed by atoms with Crippen molar-refractivity contribution in [3.63, 3.8) is 0 Å². The van der Waals surface area contributed by atoms with Crippen LogP contribution in [0.25, 0.3) is 0 Å². The Morgan fingerprint density at radius 2 is 2.24 bits per heavy atom. The van der Waals surface area contributed by atoms with Gasteiger partial charge in [-0.15, -0.1) is 0 Å². The predicted octanol–water partition coefficient (Wildman–Crippen LogP) is 3.68. The summed E-state index contributed by atoms with van der Waals surface area (Å²) in [5.41, 5.74) is 2.15. The number of likely N-dealkylation sites (N-methyl/N-ethyl adjacent to an activating group) is 1. The molecule has 0 fully saturated rings. The molecule has 90 valence electrons. The SMILES string of the molecule is CNC(Cc1ccoc1)c1ccc(F)cc1Br. The molecule has 0 bridgehead atoms. The van der Waals surface area contributed by atoms with Crippen LogP contribution in [0.1, 0.15) is 17.2 Å². The van der Waals surface area contributed by atoms with Crippen LogP contribution in [-0.4, -0.2) is 7.05 Å². The number of rotatable bonds is 4. The summed E-state index contributed by atoms with van der Waals surface area (Å²) >= 11 is 3.39. The molecule has 0 aliphatic carbocycles. The zero-order chi connectivity index (χ0) is 12.3. The Balaban J connectivity index is 2.23. The highest BCUT2D eigenvalue weighted by atomic mass is 79.9. The van der Waals surface area contributed by atoms with Gasteiger partial charge in [0.05, 0.1) is 12.5 Å². The van der Waals surface area contributed by atoms with Crippen molar-refractivity contribution in [3.8, 4) is 0 Å². The zero-order valence-electron chi connectivity index (χ0n) is 9.41. The first kappa shape index (κ1) is 12.3. The Morgan fingerprint density at radius 1 is 1.41 bits per heavy atom. The van der Waals surface area contributed by atoms with E-state index in [1.54, 1.807) is 18.6 Å². The fourth-order valence-electron chi connectivity index (χ4n) is 1.80. The van der Waals surface area contributed by atoms with Gasteiger partial charge < -0.3 is 9.73 Å². The molecular weight excluding hydrogens is 285 g/mol. The molecule has 1 N–H and O–H groups in total. The van der Waals surface area contributed by atoms with Crippen LogP contribution in [0.5, 0.6) is 0 Å². The monoisotopic (exact) mass is 297 g/mol. The van der Waals surface area contributed by atoms with E-state index in [9.17, 15) is 4.39 Å². The molecule has 2 rings (SSSR count). The minimum atomic E-state index is -0.237. The van der Waals surface area contributed by atoms with Crippen LogP contribution in [-0.2, 0) is 6.42 Å². The number of nitrogens with one attached hydrogen (secondary N) is 1. The van der Waals surface area contributed by atoms with Gasteiger partial charge in [0.2, 0.25) is 0 Å². The maximum Gasteiger partial charge on any atom is 0.124 e. The second-order valence-corrected chi connectivity index (χ2v) is 4.70. The van der Waals surface area contributed by atoms with Crippen LogP contribution in [0.4, 0.5) is 4.39 Å². The molecule has 0 saturated carbocycles. The lowest BCUT2D eigenvalue weighted by molar-refractivity contribution is 0.550. The maximum atomic E-state index is 13.0. The van der Waals surface area contributed by atoms with Crippen molar-refractivity contribution in [1.82, 2.24) is 5.32 Å². The van der Waals surface area contributed by atoms with Gasteiger partial charge in [0, 0.05) is 10.5 Å². The van der Waals surface area contributed by atoms with Crippen LogP contribution < -0.4 is 5.32 Å². The first-order valence-corrected chi connectivity index (χ1v) is 6.13. The standard InChI is InChI=1S/C13H13BrFNO/c1-16-13(6-9-4-5-17-8-9)11-3-2-10(15)7-12(11)14/h2-5,7-8,13,16H,6H2,1H3. The number of halogens is 2. The number of furan rings is 1. The molecule has 0 aliphatic rings. The molecule has 1 aromatic heterocycles. The fourth-order valence-corrected chi connectivity index (χ4v) is 2.42. The van der Waals surface area contributed by atoms with Gasteiger partial charge in [0.1, 0.15) is 5.82 Å². The second-order valence-electron chi connectivity index (χ2n) is 3.84. The largest absolute Gasteiger partial charge is 0.472 e. The maximum absolute atomic E-state index is 13.0. The third-order valence-corrected chi connectivity index (χ3v) is 3.39. The molecule has 0 amide bonds. The summed E-state index contributed by atoms with van der Waals surface area (Å²) < 4.78 is 18.9. The highest BCUT2D eigenvalue weighted by Gasteiger charge is 2.14. The Labute approximate surface area is 108 Å². The van der Waals surface area contributed by atoms with Gasteiger partial charge in [-0.25, -0.2) is 4.39 Å². The van der Waals surface area contributed by atoms with Gasteiger partial charge in [0.15, 0.2) is 0 Å². The number of benzene rings is 1. The molecule has 1 unspecified atom stereocenters. The molecule has 0 saturated heterocycles. The van der Waals surface area contributed by atoms with Crippen molar-refractivity contribution in [2.75, 3.05) is 7.05 Å². The van der Waals surface area contributed by atoms with E-state index >= 15 is 0 Å². The molecule has 1 atom stereocenters. The van der Waals surface area contributed by atoms with E-state index in [2.05, 4.69) is 21.2 Å². The molecule has 0 radical (unpaired) electrons. The molecule has 2 aromatic rings. The minimum absolute atomic E-state index is 0.127. The topological polar surface area (TPSA) is 25.2 Å². The van der Waals surface area contributed by atoms with E-state index in [0.29, 0.717) is 0 Å². The molecule has 0 aliphatic heterocycles. The summed E-state index contributed by atoms with van der Waals surface area (Å²) in [7, 11) is 1.89. The van der Waals surface area contributed by atoms with Crippen molar-refractivity contribution in [3.05, 3.63) is 58.2 Å². The van der Waals surface area contributed by atoms with Crippen molar-refractivity contribution in [2.45, 2.75) is 12.5 Å². The Morgan fingerprint density at radius 3 is 2.82 bits per heavy atom. The first-order valence-electron chi connectivity index (χ1n) is 5.34. The summed E-state index contributed by atoms with van der Waals surface area (Å²) in [5.74, 6) is -0.237. The Hall–Kier alpha value is -1.13. The van der Waals surface area contributed by atoms with E-state index in [1.165, 1.54) is 12.1 Å². The Bertz CT molecular complexity index is 484. The molecule has 1 heterocycles. The van der Waals surface area contributed by atoms with Crippen molar-refractivity contribution in [1.29, 1.82) is 0 Å². The van der Waals surface area contributed by atoms with Crippen LogP contribution in [0.15, 0.2) is 45.7 Å². The average molecular weight is 298 g/mol. The second kappa shape index (κ2) is 5.47. The quantitative estimate of drug-likeness (QED) is 0.931. The van der Waals surface area contributed by atoms with Gasteiger partial charge in [-0.2, -0.15) is 0 Å². The summed E-state index contributed by atoms with van der Waals surface area (Å²) in [4.78, 5) is 0. The number of hydrogen-bond acceptors (Lipinski definition) is 2. The highest BCUT2D eigenvalue weighted by molar-refractivity contribution is 9.10. The summed E-state index contributed by atoms with van der Waals surface area (Å²) in [6.07, 6.45) is 4.18. The summed E-state index contributed by atoms with van der Waals surface area (Å²) in [5, 5.41) is 3.22. The lowest BCUT2D eigenvalue weighted by Crippen LogP contribution is -2.19. The summed E-state index contributed by atoms with van der Waals surface area (Å²) in [6, 6.07) is 6.81. The predicted molar refractivity (Wildman–Crippen MR) is 68.3 cm³/mol. The van der Waals surface area contributed by atoms with E-state index in [4.69, 9.17) is 4.42 Å². The van der Waals surface area contributed by atoms with Crippen molar-refractivity contribution >= 4 is 15.9 Å². The van der Waals surface area contributed by atoms with Gasteiger partial charge in [-0.3, -0.25) is 0 Å². The molecule has 4 heteroatoms. The minimum Gasteiger partial charge on any atom is -0.472 e. The van der Waals surface area contributed by atoms with E-state index < -0.39 is 0 Å². The molecule has 2 nitrogen and oxygen atoms in total. The molecule has 17 heavy (non-hydrogen) atoms. The van der Waals surface area contributed by atoms with Crippen molar-refractivity contribution < 1.29 is 8.81 Å². The molecule has 1 aromatic carbocycles. The average Bonchev–Trinajstić information content (AvgIpc) is 2.79. The van der Waals surface area contributed by atoms with Crippen LogP contribution in [0.2, 0.25) is 0 Å². The fraction of sp³-hybridized carbons (Fsp3) is 0.231. The third-order valence-electron chi connectivity index (χ3n) is 2.71. The van der Waals surface area contributed by atoms with Crippen LogP contribution >= 0.6 is 15.9 Å². The number of hydrogen-bond donors (Lipinski definition) is 1. The lowest BCUT2D eigenvalue weighted by Gasteiger charge is -2.17. The van der Waals surface area contributed by atoms with E-state index in [0.717, 1.165) is 22.0 Å². The van der Waals surface area contributed by atoms with Crippen LogP contribution in [0, 0.1) is 5.82 Å². The highest BCUT2D eigenvalue weighted by Crippen LogP contribution is 2.26. The molecule has 0 spiro atoms.